The summed E-state index contributed by atoms with van der Waals surface area (Å²) in [5.74, 6) is 1.10. The highest BCUT2D eigenvalue weighted by Crippen LogP contribution is 2.44. The Balaban J connectivity index is 1.55. The minimum atomic E-state index is -3.82. The third-order valence-electron chi connectivity index (χ3n) is 4.90. The predicted octanol–water partition coefficient (Wildman–Crippen LogP) is 2.81. The van der Waals surface area contributed by atoms with Gasteiger partial charge in [0.05, 0.1) is 0 Å². The van der Waals surface area contributed by atoms with Gasteiger partial charge in [0.1, 0.15) is 16.5 Å². The van der Waals surface area contributed by atoms with Crippen LogP contribution in [0.15, 0.2) is 27.8 Å². The average Bonchev–Trinajstić information content (AvgIpc) is 3.36. The zero-order chi connectivity index (χ0) is 18.5. The molecular weight excluding hydrogens is 376 g/mol. The van der Waals surface area contributed by atoms with E-state index >= 15 is 0 Å². The molecule has 1 aliphatic heterocycles. The minimum absolute atomic E-state index is 0.141. The average molecular weight is 397 g/mol. The Labute approximate surface area is 158 Å². The van der Waals surface area contributed by atoms with Crippen LogP contribution in [-0.4, -0.2) is 48.5 Å². The summed E-state index contributed by atoms with van der Waals surface area (Å²) in [7, 11) is -3.82. The van der Waals surface area contributed by atoms with E-state index in [2.05, 4.69) is 15.0 Å². The van der Waals surface area contributed by atoms with Crippen LogP contribution in [-0.2, 0) is 10.0 Å². The first-order valence-corrected chi connectivity index (χ1v) is 10.5. The van der Waals surface area contributed by atoms with Crippen LogP contribution in [0.4, 0.5) is 5.82 Å². The van der Waals surface area contributed by atoms with Crippen LogP contribution < -0.4 is 4.90 Å². The van der Waals surface area contributed by atoms with Crippen LogP contribution in [0.5, 0.6) is 0 Å². The first-order chi connectivity index (χ1) is 12.4. The Morgan fingerprint density at radius 3 is 2.69 bits per heavy atom. The largest absolute Gasteiger partial charge is 0.354 e. The number of sulfonamides is 1. The van der Waals surface area contributed by atoms with E-state index in [0.29, 0.717) is 25.3 Å². The number of aromatic nitrogens is 2. The quantitative estimate of drug-likeness (QED) is 0.790. The van der Waals surface area contributed by atoms with Crippen molar-refractivity contribution >= 4 is 27.4 Å². The highest BCUT2D eigenvalue weighted by molar-refractivity contribution is 7.89. The number of aryl methyl sites for hydroxylation is 1. The zero-order valence-electron chi connectivity index (χ0n) is 14.7. The van der Waals surface area contributed by atoms with Crippen molar-refractivity contribution in [3.63, 3.8) is 0 Å². The van der Waals surface area contributed by atoms with Gasteiger partial charge < -0.3 is 9.42 Å². The Bertz CT molecular complexity index is 926. The predicted molar refractivity (Wildman–Crippen MR) is 98.0 cm³/mol. The van der Waals surface area contributed by atoms with Crippen molar-refractivity contribution in [2.75, 3.05) is 24.5 Å². The molecule has 1 aliphatic carbocycles. The summed E-state index contributed by atoms with van der Waals surface area (Å²) in [6.07, 6.45) is 1.95. The lowest BCUT2D eigenvalue weighted by molar-refractivity contribution is 0.280. The van der Waals surface area contributed by atoms with E-state index in [4.69, 9.17) is 16.1 Å². The second-order valence-electron chi connectivity index (χ2n) is 6.99. The Morgan fingerprint density at radius 1 is 1.27 bits per heavy atom. The number of anilines is 1. The van der Waals surface area contributed by atoms with E-state index in [1.165, 1.54) is 4.31 Å². The van der Waals surface area contributed by atoms with Crippen molar-refractivity contribution in [2.45, 2.75) is 43.7 Å². The van der Waals surface area contributed by atoms with E-state index < -0.39 is 10.0 Å². The topological polar surface area (TPSA) is 79.5 Å². The van der Waals surface area contributed by atoms with Gasteiger partial charge in [-0.25, -0.2) is 13.4 Å². The number of piperazine rings is 1. The molecule has 2 fully saturated rings. The molecule has 2 aliphatic rings. The summed E-state index contributed by atoms with van der Waals surface area (Å²) in [5, 5.41) is 3.82. The van der Waals surface area contributed by atoms with E-state index in [0.717, 1.165) is 24.4 Å². The van der Waals surface area contributed by atoms with Crippen LogP contribution in [0, 0.1) is 6.92 Å². The van der Waals surface area contributed by atoms with Crippen molar-refractivity contribution in [3.05, 3.63) is 34.6 Å². The number of hydrogen-bond donors (Lipinski definition) is 0. The van der Waals surface area contributed by atoms with Crippen molar-refractivity contribution in [3.8, 4) is 0 Å². The molecule has 140 valence electrons. The second-order valence-corrected chi connectivity index (χ2v) is 9.16. The van der Waals surface area contributed by atoms with Gasteiger partial charge in [-0.15, -0.1) is 0 Å². The molecule has 9 heteroatoms. The number of hydrogen-bond acceptors (Lipinski definition) is 6. The fourth-order valence-electron chi connectivity index (χ4n) is 3.36. The highest BCUT2D eigenvalue weighted by Gasteiger charge is 2.40. The van der Waals surface area contributed by atoms with Crippen molar-refractivity contribution in [2.24, 2.45) is 0 Å². The molecule has 0 bridgehead atoms. The van der Waals surface area contributed by atoms with Crippen LogP contribution in [0.25, 0.3) is 0 Å². The van der Waals surface area contributed by atoms with Gasteiger partial charge in [-0.05, 0) is 38.8 Å². The van der Waals surface area contributed by atoms with Crippen molar-refractivity contribution in [1.29, 1.82) is 0 Å². The maximum Gasteiger partial charge on any atom is 0.284 e. The van der Waals surface area contributed by atoms with Gasteiger partial charge in [-0.1, -0.05) is 22.8 Å². The van der Waals surface area contributed by atoms with E-state index in [9.17, 15) is 8.42 Å². The Morgan fingerprint density at radius 2 is 2.04 bits per heavy atom. The number of nitrogens with zero attached hydrogens (tertiary/aromatic N) is 4. The molecule has 1 atom stereocenters. The molecule has 0 amide bonds. The molecule has 4 rings (SSSR count). The van der Waals surface area contributed by atoms with Crippen molar-refractivity contribution in [1.82, 2.24) is 14.4 Å². The summed E-state index contributed by atoms with van der Waals surface area (Å²) < 4.78 is 32.7. The lowest BCUT2D eigenvalue weighted by Crippen LogP contribution is -2.54. The van der Waals surface area contributed by atoms with Crippen LogP contribution in [0.3, 0.4) is 0 Å². The zero-order valence-corrected chi connectivity index (χ0v) is 16.3. The Hall–Kier alpha value is -1.64. The lowest BCUT2D eigenvalue weighted by Gasteiger charge is -2.39. The van der Waals surface area contributed by atoms with Crippen LogP contribution in [0.1, 0.15) is 37.1 Å². The van der Waals surface area contributed by atoms with Gasteiger partial charge in [-0.2, -0.15) is 4.31 Å². The molecule has 0 aromatic carbocycles. The first-order valence-electron chi connectivity index (χ1n) is 8.73. The standard InChI is InChI=1S/C17H21ClN4O3S/c1-11-4-3-5-14(19-11)21-8-9-22(12(2)10-21)26(23,24)17-15(18)16(20-25-17)13-6-7-13/h3-5,12-13H,6-10H2,1-2H3. The van der Waals surface area contributed by atoms with Gasteiger partial charge in [-0.3, -0.25) is 0 Å². The molecule has 1 saturated carbocycles. The van der Waals surface area contributed by atoms with Gasteiger partial charge in [0.15, 0.2) is 0 Å². The van der Waals surface area contributed by atoms with E-state index in [-0.39, 0.29) is 22.1 Å². The van der Waals surface area contributed by atoms with Crippen LogP contribution >= 0.6 is 11.6 Å². The first kappa shape index (κ1) is 17.8. The van der Waals surface area contributed by atoms with Gasteiger partial charge >= 0.3 is 0 Å². The summed E-state index contributed by atoms with van der Waals surface area (Å²) in [4.78, 5) is 6.63. The monoisotopic (exact) mass is 396 g/mol. The van der Waals surface area contributed by atoms with E-state index in [1.807, 2.05) is 32.0 Å². The molecule has 0 N–H and O–H groups in total. The van der Waals surface area contributed by atoms with Gasteiger partial charge in [0, 0.05) is 37.3 Å². The molecule has 3 heterocycles. The van der Waals surface area contributed by atoms with Gasteiger partial charge in [0.2, 0.25) is 0 Å². The minimum Gasteiger partial charge on any atom is -0.354 e. The third kappa shape index (κ3) is 3.10. The number of halogens is 1. The molecular formula is C17H21ClN4O3S. The molecule has 0 spiro atoms. The molecule has 7 nitrogen and oxygen atoms in total. The smallest absolute Gasteiger partial charge is 0.284 e. The van der Waals surface area contributed by atoms with E-state index in [1.54, 1.807) is 0 Å². The molecule has 1 unspecified atom stereocenters. The summed E-state index contributed by atoms with van der Waals surface area (Å²) in [6, 6.07) is 5.61. The second kappa shape index (κ2) is 6.51. The maximum absolute atomic E-state index is 13.0. The normalized spacial score (nSPS) is 22.0. The molecule has 26 heavy (non-hydrogen) atoms. The third-order valence-corrected chi connectivity index (χ3v) is 7.29. The van der Waals surface area contributed by atoms with Crippen molar-refractivity contribution < 1.29 is 12.9 Å². The summed E-state index contributed by atoms with van der Waals surface area (Å²) >= 11 is 6.27. The van der Waals surface area contributed by atoms with Gasteiger partial charge in [0.25, 0.3) is 15.1 Å². The number of pyridine rings is 1. The Kier molecular flexibility index (Phi) is 4.45. The molecule has 1 saturated heterocycles. The lowest BCUT2D eigenvalue weighted by atomic mass is 10.2. The molecule has 2 aromatic heterocycles. The summed E-state index contributed by atoms with van der Waals surface area (Å²) in [6.45, 7) is 5.27. The maximum atomic E-state index is 13.0. The fraction of sp³-hybridized carbons (Fsp3) is 0.529. The summed E-state index contributed by atoms with van der Waals surface area (Å²) in [5.41, 5.74) is 1.51. The molecule has 0 radical (unpaired) electrons. The molecule has 2 aromatic rings. The SMILES string of the molecule is Cc1cccc(N2CCN(S(=O)(=O)c3onc(C4CC4)c3Cl)C(C)C2)n1. The van der Waals surface area contributed by atoms with Crippen LogP contribution in [0.2, 0.25) is 5.02 Å². The number of rotatable bonds is 4. The highest BCUT2D eigenvalue weighted by atomic mass is 35.5. The fourth-order valence-corrected chi connectivity index (χ4v) is 5.42.